The van der Waals surface area contributed by atoms with Crippen LogP contribution in [0.1, 0.15) is 24.0 Å². The predicted molar refractivity (Wildman–Crippen MR) is 181 cm³/mol. The van der Waals surface area contributed by atoms with E-state index in [4.69, 9.17) is 38.0 Å². The molecule has 46 heavy (non-hydrogen) atoms. The lowest BCUT2D eigenvalue weighted by molar-refractivity contribution is -0.119. The van der Waals surface area contributed by atoms with Gasteiger partial charge in [-0.15, -0.1) is 0 Å². The second-order valence-corrected chi connectivity index (χ2v) is 11.7. The lowest BCUT2D eigenvalue weighted by Gasteiger charge is -2.16. The molecule has 3 heterocycles. The number of nitrogens with zero attached hydrogens (tertiary/aromatic N) is 2. The molecule has 2 aromatic carbocycles. The number of anilines is 2. The van der Waals surface area contributed by atoms with Crippen LogP contribution in [0, 0.1) is 5.82 Å². The molecule has 2 aromatic heterocycles. The van der Waals surface area contributed by atoms with E-state index in [9.17, 15) is 4.79 Å². The van der Waals surface area contributed by atoms with Crippen molar-refractivity contribution in [2.24, 2.45) is 0 Å². The Morgan fingerprint density at radius 2 is 1.74 bits per heavy atom. The Balaban J connectivity index is 1.32. The first kappa shape index (κ1) is 33.6. The highest BCUT2D eigenvalue weighted by Gasteiger charge is 2.21. The molecule has 0 saturated carbocycles. The number of ether oxygens (including phenoxy) is 1. The van der Waals surface area contributed by atoms with Gasteiger partial charge in [-0.05, 0) is 62.2 Å². The highest BCUT2D eigenvalue weighted by Crippen LogP contribution is 2.41. The maximum absolute atomic E-state index is 15.3. The minimum absolute atomic E-state index is 0.0282. The average Bonchev–Trinajstić information content (AvgIpc) is 3.49. The number of aromatic nitrogens is 2. The minimum Gasteiger partial charge on any atom is -0.481 e. The average molecular weight is 668 g/mol. The zero-order valence-electron chi connectivity index (χ0n) is 25.5. The van der Waals surface area contributed by atoms with Gasteiger partial charge in [-0.2, -0.15) is 0 Å². The third-order valence-electron chi connectivity index (χ3n) is 7.81. The van der Waals surface area contributed by atoms with E-state index >= 15 is 4.39 Å². The van der Waals surface area contributed by atoms with Crippen LogP contribution in [-0.2, 0) is 17.6 Å². The van der Waals surface area contributed by atoms with E-state index in [1.807, 2.05) is 18.2 Å². The van der Waals surface area contributed by atoms with Crippen molar-refractivity contribution < 1.29 is 19.0 Å². The van der Waals surface area contributed by atoms with Crippen LogP contribution in [-0.4, -0.2) is 66.9 Å². The summed E-state index contributed by atoms with van der Waals surface area (Å²) >= 11 is 13.8. The summed E-state index contributed by atoms with van der Waals surface area (Å²) in [6, 6.07) is 16.4. The molecule has 1 aliphatic rings. The third-order valence-corrected chi connectivity index (χ3v) is 8.60. The first-order valence-corrected chi connectivity index (χ1v) is 16.0. The molecule has 0 spiro atoms. The lowest BCUT2D eigenvalue weighted by atomic mass is 10.0. The summed E-state index contributed by atoms with van der Waals surface area (Å²) in [5, 5.41) is 22.2. The largest absolute Gasteiger partial charge is 0.481 e. The number of aliphatic hydroxyl groups excluding tert-OH is 1. The van der Waals surface area contributed by atoms with E-state index in [2.05, 4.69) is 26.3 Å². The van der Waals surface area contributed by atoms with Gasteiger partial charge in [0.15, 0.2) is 0 Å². The van der Waals surface area contributed by atoms with Crippen LogP contribution in [0.25, 0.3) is 22.5 Å². The summed E-state index contributed by atoms with van der Waals surface area (Å²) in [6.45, 7) is 2.46. The summed E-state index contributed by atoms with van der Waals surface area (Å²) in [7, 11) is 1.59. The van der Waals surface area contributed by atoms with Crippen molar-refractivity contribution in [2.75, 3.05) is 45.2 Å². The van der Waals surface area contributed by atoms with Gasteiger partial charge in [0.05, 0.1) is 46.5 Å². The Bertz CT molecular complexity index is 1670. The molecule has 4 aromatic rings. The normalized spacial score (nSPS) is 14.4. The first-order valence-electron chi connectivity index (χ1n) is 15.2. The molecule has 9 nitrogen and oxygen atoms in total. The summed E-state index contributed by atoms with van der Waals surface area (Å²) in [4.78, 5) is 20.7. The van der Waals surface area contributed by atoms with Crippen molar-refractivity contribution in [3.05, 3.63) is 87.8 Å². The van der Waals surface area contributed by atoms with Gasteiger partial charge < -0.3 is 31.1 Å². The Morgan fingerprint density at radius 1 is 0.957 bits per heavy atom. The molecule has 1 amide bonds. The Morgan fingerprint density at radius 3 is 2.52 bits per heavy atom. The quantitative estimate of drug-likeness (QED) is 0.105. The summed E-state index contributed by atoms with van der Waals surface area (Å²) in [6.07, 6.45) is 4.25. The Kier molecular flexibility index (Phi) is 11.8. The molecule has 1 saturated heterocycles. The monoisotopic (exact) mass is 666 g/mol. The number of pyridine rings is 2. The number of methoxy groups -OCH3 is 1. The zero-order chi connectivity index (χ0) is 32.5. The highest BCUT2D eigenvalue weighted by molar-refractivity contribution is 6.39. The van der Waals surface area contributed by atoms with Crippen molar-refractivity contribution >= 4 is 40.5 Å². The maximum Gasteiger partial charge on any atom is 0.220 e. The molecule has 12 heteroatoms. The first-order chi connectivity index (χ1) is 22.4. The molecule has 0 aliphatic carbocycles. The van der Waals surface area contributed by atoms with E-state index in [1.165, 1.54) is 0 Å². The zero-order valence-corrected chi connectivity index (χ0v) is 27.0. The van der Waals surface area contributed by atoms with Gasteiger partial charge in [-0.1, -0.05) is 53.5 Å². The number of aliphatic hydroxyl groups is 1. The standard InChI is InChI=1S/C34H37Cl2FN6O3/c1-46-34-22(13-16-39-20-23-9-11-29(45)41-23)8-10-26(43-34)24-14-17-40-33(31(24)36)25-5-3-6-27(30(25)35)42-28-7-2-4-21(32(28)37)12-15-38-18-19-44/h2-8,10,14,17,23,38-39,42,44H,9,11-13,15-16,18-20H2,1H3,(H,41,45)/t23-/m0/s1. The van der Waals surface area contributed by atoms with Gasteiger partial charge in [0.1, 0.15) is 5.82 Å². The SMILES string of the molecule is COc1nc(-c2ccnc(-c3cccc(Nc4cccc(CCNCCO)c4F)c3Cl)c2Cl)ccc1CCNC[C@@H]1CCC(=O)N1. The lowest BCUT2D eigenvalue weighted by Crippen LogP contribution is -2.36. The highest BCUT2D eigenvalue weighted by atomic mass is 35.5. The van der Waals surface area contributed by atoms with Crippen LogP contribution >= 0.6 is 23.2 Å². The molecule has 0 radical (unpaired) electrons. The van der Waals surface area contributed by atoms with Crippen LogP contribution in [0.4, 0.5) is 15.8 Å². The van der Waals surface area contributed by atoms with Gasteiger partial charge in [-0.25, -0.2) is 9.37 Å². The summed E-state index contributed by atoms with van der Waals surface area (Å²) < 4.78 is 21.0. The molecule has 0 bridgehead atoms. The van der Waals surface area contributed by atoms with Crippen LogP contribution in [0.5, 0.6) is 5.88 Å². The van der Waals surface area contributed by atoms with Crippen LogP contribution in [0.15, 0.2) is 60.8 Å². The van der Waals surface area contributed by atoms with E-state index < -0.39 is 0 Å². The Hall–Kier alpha value is -3.80. The predicted octanol–water partition coefficient (Wildman–Crippen LogP) is 5.54. The van der Waals surface area contributed by atoms with Gasteiger partial charge in [0.25, 0.3) is 0 Å². The number of amides is 1. The summed E-state index contributed by atoms with van der Waals surface area (Å²) in [5.74, 6) is 0.240. The van der Waals surface area contributed by atoms with E-state index in [1.54, 1.807) is 49.7 Å². The van der Waals surface area contributed by atoms with Crippen LogP contribution in [0.2, 0.25) is 10.0 Å². The minimum atomic E-state index is -0.366. The second-order valence-electron chi connectivity index (χ2n) is 10.9. The molecule has 5 N–H and O–H groups in total. The second kappa shape index (κ2) is 16.2. The molecular formula is C34H37Cl2FN6O3. The number of rotatable bonds is 15. The summed E-state index contributed by atoms with van der Waals surface area (Å²) in [5.41, 5.74) is 4.61. The van der Waals surface area contributed by atoms with Crippen LogP contribution in [0.3, 0.4) is 0 Å². The molecule has 0 unspecified atom stereocenters. The number of benzene rings is 2. The third kappa shape index (κ3) is 8.12. The molecular weight excluding hydrogens is 630 g/mol. The van der Waals surface area contributed by atoms with Gasteiger partial charge >= 0.3 is 0 Å². The number of carbonyl (C=O) groups is 1. The topological polar surface area (TPSA) is 120 Å². The van der Waals surface area contributed by atoms with Crippen molar-refractivity contribution in [2.45, 2.75) is 31.7 Å². The molecule has 242 valence electrons. The van der Waals surface area contributed by atoms with Gasteiger partial charge in [0, 0.05) is 48.4 Å². The number of carbonyl (C=O) groups excluding carboxylic acids is 1. The number of hydrogen-bond donors (Lipinski definition) is 5. The van der Waals surface area contributed by atoms with E-state index in [-0.39, 0.29) is 24.4 Å². The van der Waals surface area contributed by atoms with Gasteiger partial charge in [0.2, 0.25) is 11.8 Å². The fraction of sp³-hybridized carbons (Fsp3) is 0.324. The maximum atomic E-state index is 15.3. The fourth-order valence-corrected chi connectivity index (χ4v) is 5.97. The molecule has 5 rings (SSSR count). The molecule has 1 aliphatic heterocycles. The Labute approximate surface area is 277 Å². The van der Waals surface area contributed by atoms with Crippen molar-refractivity contribution in [1.82, 2.24) is 25.9 Å². The number of nitrogens with one attached hydrogen (secondary N) is 4. The smallest absolute Gasteiger partial charge is 0.220 e. The van der Waals surface area contributed by atoms with Crippen molar-refractivity contribution in [1.29, 1.82) is 0 Å². The van der Waals surface area contributed by atoms with Crippen LogP contribution < -0.4 is 26.0 Å². The van der Waals surface area contributed by atoms with Crippen molar-refractivity contribution in [3.63, 3.8) is 0 Å². The van der Waals surface area contributed by atoms with Gasteiger partial charge in [-0.3, -0.25) is 9.78 Å². The van der Waals surface area contributed by atoms with E-state index in [0.717, 1.165) is 18.5 Å². The van der Waals surface area contributed by atoms with E-state index in [0.29, 0.717) is 94.3 Å². The molecule has 1 atom stereocenters. The number of hydrogen-bond acceptors (Lipinski definition) is 8. The number of halogens is 3. The fourth-order valence-electron chi connectivity index (χ4n) is 5.40. The van der Waals surface area contributed by atoms with Crippen molar-refractivity contribution in [3.8, 4) is 28.4 Å². The molecule has 1 fully saturated rings.